The smallest absolute Gasteiger partial charge is 0.383 e. The maximum absolute atomic E-state index is 14.1. The third-order valence-electron chi connectivity index (χ3n) is 7.12. The monoisotopic (exact) mass is 621 g/mol. The molecule has 0 saturated carbocycles. The number of anilines is 2. The van der Waals surface area contributed by atoms with E-state index in [0.717, 1.165) is 28.5 Å². The van der Waals surface area contributed by atoms with Crippen LogP contribution in [0.1, 0.15) is 17.7 Å². The van der Waals surface area contributed by atoms with Gasteiger partial charge in [0.25, 0.3) is 0 Å². The number of carbonyl (C=O) groups excluding carboxylic acids is 1. The Morgan fingerprint density at radius 1 is 1.09 bits per heavy atom. The Morgan fingerprint density at radius 3 is 2.39 bits per heavy atom. The summed E-state index contributed by atoms with van der Waals surface area (Å²) in [6.07, 6.45) is -2.23. The SMILES string of the molecule is COCCN(CCOC)Cc1c(COC)c(-c2ccc(NC(=O)NC3=CC(C(F)(F)F)CC=C3F)cc2)c2c(N)ncnn12. The second kappa shape index (κ2) is 14.6. The molecule has 1 aromatic carbocycles. The van der Waals surface area contributed by atoms with Crippen LogP contribution in [0.5, 0.6) is 0 Å². The number of amides is 2. The third kappa shape index (κ3) is 7.72. The summed E-state index contributed by atoms with van der Waals surface area (Å²) in [6.45, 7) is 3.05. The number of allylic oxidation sites excluding steroid dienone is 3. The second-order valence-corrected chi connectivity index (χ2v) is 10.1. The van der Waals surface area contributed by atoms with Crippen LogP contribution in [0.2, 0.25) is 0 Å². The maximum atomic E-state index is 14.1. The fourth-order valence-corrected chi connectivity index (χ4v) is 4.94. The van der Waals surface area contributed by atoms with Gasteiger partial charge in [-0.05, 0) is 36.3 Å². The van der Waals surface area contributed by atoms with Crippen molar-refractivity contribution in [2.45, 2.75) is 25.7 Å². The predicted molar refractivity (Wildman–Crippen MR) is 156 cm³/mol. The van der Waals surface area contributed by atoms with Gasteiger partial charge in [0.2, 0.25) is 0 Å². The number of benzene rings is 1. The first-order valence-corrected chi connectivity index (χ1v) is 13.7. The quantitative estimate of drug-likeness (QED) is 0.235. The number of hydrogen-bond donors (Lipinski definition) is 3. The molecule has 0 aliphatic heterocycles. The van der Waals surface area contributed by atoms with Gasteiger partial charge in [0.1, 0.15) is 17.7 Å². The van der Waals surface area contributed by atoms with E-state index in [1.807, 2.05) is 0 Å². The number of methoxy groups -OCH3 is 3. The highest BCUT2D eigenvalue weighted by molar-refractivity contribution is 5.93. The van der Waals surface area contributed by atoms with Gasteiger partial charge in [0.05, 0.1) is 37.1 Å². The van der Waals surface area contributed by atoms with E-state index in [2.05, 4.69) is 25.6 Å². The predicted octanol–water partition coefficient (Wildman–Crippen LogP) is 4.66. The molecule has 0 saturated heterocycles. The molecule has 238 valence electrons. The molecule has 2 amide bonds. The number of halogens is 4. The number of carbonyl (C=O) groups is 1. The first-order chi connectivity index (χ1) is 21.1. The van der Waals surface area contributed by atoms with Crippen molar-refractivity contribution in [1.82, 2.24) is 24.8 Å². The zero-order chi connectivity index (χ0) is 31.9. The number of rotatable bonds is 13. The van der Waals surface area contributed by atoms with Crippen molar-refractivity contribution in [3.05, 3.63) is 65.5 Å². The van der Waals surface area contributed by atoms with E-state index in [1.54, 1.807) is 50.1 Å². The fraction of sp³-hybridized carbons (Fsp3) is 0.414. The lowest BCUT2D eigenvalue weighted by Gasteiger charge is -2.22. The number of hydrogen-bond acceptors (Lipinski definition) is 8. The molecule has 3 aromatic rings. The number of urea groups is 1. The summed E-state index contributed by atoms with van der Waals surface area (Å²) < 4.78 is 71.4. The molecule has 4 rings (SSSR count). The summed E-state index contributed by atoms with van der Waals surface area (Å²) in [5.41, 5.74) is 9.87. The van der Waals surface area contributed by atoms with Crippen molar-refractivity contribution in [2.75, 3.05) is 58.7 Å². The molecule has 1 aliphatic rings. The van der Waals surface area contributed by atoms with Crippen molar-refractivity contribution in [2.24, 2.45) is 5.92 Å². The van der Waals surface area contributed by atoms with Gasteiger partial charge in [-0.3, -0.25) is 4.90 Å². The van der Waals surface area contributed by atoms with Gasteiger partial charge in [0.15, 0.2) is 5.82 Å². The van der Waals surface area contributed by atoms with Crippen molar-refractivity contribution in [3.8, 4) is 11.1 Å². The topological polar surface area (TPSA) is 128 Å². The van der Waals surface area contributed by atoms with Gasteiger partial charge in [-0.25, -0.2) is 18.7 Å². The highest BCUT2D eigenvalue weighted by Crippen LogP contribution is 2.37. The number of nitrogens with two attached hydrogens (primary N) is 1. The highest BCUT2D eigenvalue weighted by atomic mass is 19.4. The number of nitrogens with one attached hydrogen (secondary N) is 2. The summed E-state index contributed by atoms with van der Waals surface area (Å²) in [4.78, 5) is 18.9. The second-order valence-electron chi connectivity index (χ2n) is 10.1. The zero-order valence-corrected chi connectivity index (χ0v) is 24.6. The molecule has 15 heteroatoms. The van der Waals surface area contributed by atoms with Crippen LogP contribution in [0, 0.1) is 5.92 Å². The van der Waals surface area contributed by atoms with Crippen LogP contribution < -0.4 is 16.4 Å². The largest absolute Gasteiger partial charge is 0.395 e. The van der Waals surface area contributed by atoms with E-state index in [1.165, 1.54) is 6.33 Å². The summed E-state index contributed by atoms with van der Waals surface area (Å²) in [5, 5.41) is 9.18. The molecule has 0 fully saturated rings. The Balaban J connectivity index is 1.62. The lowest BCUT2D eigenvalue weighted by Crippen LogP contribution is -2.31. The van der Waals surface area contributed by atoms with Crippen molar-refractivity contribution in [1.29, 1.82) is 0 Å². The van der Waals surface area contributed by atoms with Crippen LogP contribution in [0.4, 0.5) is 33.9 Å². The standard InChI is InChI=1S/C29H35F4N7O4/c1-42-12-10-39(11-13-43-2)15-24-21(16-44-3)25(26-27(34)35-17-36-40(24)26)18-4-7-20(8-5-18)37-28(41)38-23-14-19(29(31,32)33)6-9-22(23)30/h4-5,7-9,14,17,19H,6,10-13,15-16H2,1-3H3,(H2,34,35,36)(H2,37,38,41). The van der Waals surface area contributed by atoms with Crippen molar-refractivity contribution in [3.63, 3.8) is 0 Å². The van der Waals surface area contributed by atoms with E-state index >= 15 is 0 Å². The maximum Gasteiger partial charge on any atom is 0.395 e. The van der Waals surface area contributed by atoms with Crippen LogP contribution in [0.15, 0.2) is 54.3 Å². The first-order valence-electron chi connectivity index (χ1n) is 13.7. The number of fused-ring (bicyclic) bond motifs is 1. The van der Waals surface area contributed by atoms with E-state index < -0.39 is 36.1 Å². The molecule has 0 spiro atoms. The average molecular weight is 622 g/mol. The molecule has 1 aliphatic carbocycles. The summed E-state index contributed by atoms with van der Waals surface area (Å²) in [6, 6.07) is 5.81. The Kier molecular flexibility index (Phi) is 10.9. The van der Waals surface area contributed by atoms with E-state index in [9.17, 15) is 22.4 Å². The molecule has 4 N–H and O–H groups in total. The van der Waals surface area contributed by atoms with Gasteiger partial charge >= 0.3 is 12.2 Å². The van der Waals surface area contributed by atoms with Gasteiger partial charge in [-0.1, -0.05) is 12.1 Å². The van der Waals surface area contributed by atoms with Gasteiger partial charge in [-0.2, -0.15) is 18.3 Å². The lowest BCUT2D eigenvalue weighted by molar-refractivity contribution is -0.160. The minimum absolute atomic E-state index is 0.241. The number of ether oxygens (including phenoxy) is 3. The number of aromatic nitrogens is 3. The number of nitrogen functional groups attached to an aromatic ring is 1. The zero-order valence-electron chi connectivity index (χ0n) is 24.6. The van der Waals surface area contributed by atoms with Crippen LogP contribution >= 0.6 is 0 Å². The highest BCUT2D eigenvalue weighted by Gasteiger charge is 2.39. The Morgan fingerprint density at radius 2 is 1.77 bits per heavy atom. The third-order valence-corrected chi connectivity index (χ3v) is 7.12. The van der Waals surface area contributed by atoms with Crippen LogP contribution in [-0.2, 0) is 27.4 Å². The summed E-state index contributed by atoms with van der Waals surface area (Å²) in [5.74, 6) is -2.56. The molecule has 2 aromatic heterocycles. The molecule has 2 heterocycles. The minimum Gasteiger partial charge on any atom is -0.383 e. The van der Waals surface area contributed by atoms with Crippen LogP contribution in [0.3, 0.4) is 0 Å². The van der Waals surface area contributed by atoms with Gasteiger partial charge in [-0.15, -0.1) is 0 Å². The fourth-order valence-electron chi connectivity index (χ4n) is 4.94. The molecular weight excluding hydrogens is 586 g/mol. The average Bonchev–Trinajstić information content (AvgIpc) is 3.29. The Bertz CT molecular complexity index is 1500. The van der Waals surface area contributed by atoms with Crippen LogP contribution in [0.25, 0.3) is 16.6 Å². The van der Waals surface area contributed by atoms with Crippen molar-refractivity contribution >= 4 is 23.1 Å². The molecule has 0 radical (unpaired) electrons. The molecule has 11 nitrogen and oxygen atoms in total. The minimum atomic E-state index is -4.55. The van der Waals surface area contributed by atoms with E-state index in [0.29, 0.717) is 50.1 Å². The molecule has 44 heavy (non-hydrogen) atoms. The first kappa shape index (κ1) is 32.9. The summed E-state index contributed by atoms with van der Waals surface area (Å²) in [7, 11) is 4.86. The van der Waals surface area contributed by atoms with Gasteiger partial charge < -0.3 is 30.6 Å². The van der Waals surface area contributed by atoms with Crippen molar-refractivity contribution < 1.29 is 36.6 Å². The summed E-state index contributed by atoms with van der Waals surface area (Å²) >= 11 is 0. The molecule has 1 atom stereocenters. The molecular formula is C29H35F4N7O4. The van der Waals surface area contributed by atoms with E-state index in [-0.39, 0.29) is 12.4 Å². The van der Waals surface area contributed by atoms with Crippen LogP contribution in [-0.4, -0.2) is 79.3 Å². The number of alkyl halides is 3. The number of nitrogens with zero attached hydrogens (tertiary/aromatic N) is 4. The Hall–Kier alpha value is -4.05. The molecule has 1 unspecified atom stereocenters. The lowest BCUT2D eigenvalue weighted by atomic mass is 9.98. The normalized spacial score (nSPS) is 15.4. The molecule has 0 bridgehead atoms. The van der Waals surface area contributed by atoms with E-state index in [4.69, 9.17) is 19.9 Å². The van der Waals surface area contributed by atoms with Gasteiger partial charge in [0, 0.05) is 57.8 Å². The Labute approximate surface area is 251 Å².